The van der Waals surface area contributed by atoms with Gasteiger partial charge in [-0.3, -0.25) is 4.98 Å². The highest BCUT2D eigenvalue weighted by Crippen LogP contribution is 2.17. The van der Waals surface area contributed by atoms with Crippen LogP contribution in [-0.4, -0.2) is 36.8 Å². The zero-order valence-corrected chi connectivity index (χ0v) is 10.1. The van der Waals surface area contributed by atoms with E-state index in [9.17, 15) is 0 Å². The lowest BCUT2D eigenvalue weighted by Gasteiger charge is -2.27. The first kappa shape index (κ1) is 12.0. The van der Waals surface area contributed by atoms with Gasteiger partial charge in [-0.1, -0.05) is 6.08 Å². The lowest BCUT2D eigenvalue weighted by atomic mass is 10.1. The molecule has 0 aliphatic carbocycles. The summed E-state index contributed by atoms with van der Waals surface area (Å²) in [5.41, 5.74) is 7.74. The lowest BCUT2D eigenvalue weighted by molar-refractivity contribution is 0.222. The van der Waals surface area contributed by atoms with Crippen LogP contribution in [0, 0.1) is 0 Å². The second kappa shape index (κ2) is 5.75. The molecule has 0 bridgehead atoms. The molecule has 0 amide bonds. The normalized spacial score (nSPS) is 15.9. The number of rotatable bonds is 4. The van der Waals surface area contributed by atoms with Gasteiger partial charge in [-0.25, -0.2) is 4.98 Å². The first-order valence-electron chi connectivity index (χ1n) is 5.76. The van der Waals surface area contributed by atoms with Crippen LogP contribution in [0.4, 0.5) is 5.82 Å². The highest BCUT2D eigenvalue weighted by atomic mass is 16.5. The second-order valence-corrected chi connectivity index (χ2v) is 4.06. The highest BCUT2D eigenvalue weighted by molar-refractivity contribution is 5.39. The van der Waals surface area contributed by atoms with E-state index in [0.717, 1.165) is 37.6 Å². The van der Waals surface area contributed by atoms with Crippen LogP contribution >= 0.6 is 0 Å². The minimum absolute atomic E-state index is 0.430. The van der Waals surface area contributed by atoms with Crippen molar-refractivity contribution < 1.29 is 4.74 Å². The van der Waals surface area contributed by atoms with Gasteiger partial charge in [0.1, 0.15) is 5.82 Å². The Hall–Kier alpha value is -1.46. The SMILES string of the molecule is COCC1=CCN(c2cncc(CN)n2)CC1. The molecule has 0 aromatic carbocycles. The summed E-state index contributed by atoms with van der Waals surface area (Å²) in [5.74, 6) is 0.903. The summed E-state index contributed by atoms with van der Waals surface area (Å²) in [6, 6.07) is 0. The fourth-order valence-electron chi connectivity index (χ4n) is 1.88. The van der Waals surface area contributed by atoms with Crippen molar-refractivity contribution in [2.24, 2.45) is 5.73 Å². The molecule has 1 aromatic rings. The number of methoxy groups -OCH3 is 1. The molecule has 0 unspecified atom stereocenters. The van der Waals surface area contributed by atoms with Crippen LogP contribution in [0.1, 0.15) is 12.1 Å². The molecule has 2 N–H and O–H groups in total. The van der Waals surface area contributed by atoms with Crippen molar-refractivity contribution in [1.29, 1.82) is 0 Å². The van der Waals surface area contributed by atoms with E-state index in [-0.39, 0.29) is 0 Å². The topological polar surface area (TPSA) is 64.3 Å². The van der Waals surface area contributed by atoms with Gasteiger partial charge in [-0.05, 0) is 12.0 Å². The highest BCUT2D eigenvalue weighted by Gasteiger charge is 2.13. The molecular weight excluding hydrogens is 216 g/mol. The maximum Gasteiger partial charge on any atom is 0.147 e. The first-order chi connectivity index (χ1) is 8.33. The van der Waals surface area contributed by atoms with E-state index in [4.69, 9.17) is 10.5 Å². The van der Waals surface area contributed by atoms with Crippen LogP contribution in [0.2, 0.25) is 0 Å². The molecule has 5 heteroatoms. The molecule has 1 aromatic heterocycles. The Bertz CT molecular complexity index is 405. The molecular formula is C12H18N4O. The third-order valence-electron chi connectivity index (χ3n) is 2.84. The molecule has 0 radical (unpaired) electrons. The van der Waals surface area contributed by atoms with E-state index in [0.29, 0.717) is 6.54 Å². The Morgan fingerprint density at radius 1 is 1.47 bits per heavy atom. The van der Waals surface area contributed by atoms with Gasteiger partial charge < -0.3 is 15.4 Å². The van der Waals surface area contributed by atoms with Gasteiger partial charge in [-0.15, -0.1) is 0 Å². The Kier molecular flexibility index (Phi) is 4.06. The van der Waals surface area contributed by atoms with E-state index in [1.54, 1.807) is 19.5 Å². The van der Waals surface area contributed by atoms with Crippen LogP contribution in [0.25, 0.3) is 0 Å². The van der Waals surface area contributed by atoms with Gasteiger partial charge in [0.25, 0.3) is 0 Å². The molecule has 0 fully saturated rings. The van der Waals surface area contributed by atoms with Crippen molar-refractivity contribution in [3.8, 4) is 0 Å². The summed E-state index contributed by atoms with van der Waals surface area (Å²) in [7, 11) is 1.73. The van der Waals surface area contributed by atoms with Crippen molar-refractivity contribution in [2.45, 2.75) is 13.0 Å². The van der Waals surface area contributed by atoms with Gasteiger partial charge in [0.05, 0.1) is 18.5 Å². The summed E-state index contributed by atoms with van der Waals surface area (Å²) in [6.07, 6.45) is 6.71. The molecule has 17 heavy (non-hydrogen) atoms. The predicted octanol–water partition coefficient (Wildman–Crippen LogP) is 0.718. The summed E-state index contributed by atoms with van der Waals surface area (Å²) in [6.45, 7) is 2.97. The third-order valence-corrected chi connectivity index (χ3v) is 2.84. The molecule has 2 heterocycles. The van der Waals surface area contributed by atoms with Crippen LogP contribution in [0.5, 0.6) is 0 Å². The zero-order valence-electron chi connectivity index (χ0n) is 10.1. The standard InChI is InChI=1S/C12H18N4O/c1-17-9-10-2-4-16(5-3-10)12-8-14-7-11(6-13)15-12/h2,7-8H,3-6,9,13H2,1H3. The molecule has 1 aliphatic heterocycles. The van der Waals surface area contributed by atoms with Crippen LogP contribution < -0.4 is 10.6 Å². The zero-order chi connectivity index (χ0) is 12.1. The predicted molar refractivity (Wildman–Crippen MR) is 66.7 cm³/mol. The summed E-state index contributed by atoms with van der Waals surface area (Å²) < 4.78 is 5.13. The number of ether oxygens (including phenoxy) is 1. The van der Waals surface area contributed by atoms with Gasteiger partial charge >= 0.3 is 0 Å². The van der Waals surface area contributed by atoms with Crippen molar-refractivity contribution in [2.75, 3.05) is 31.7 Å². The van der Waals surface area contributed by atoms with Crippen LogP contribution in [0.15, 0.2) is 24.0 Å². The van der Waals surface area contributed by atoms with E-state index in [2.05, 4.69) is 20.9 Å². The van der Waals surface area contributed by atoms with Gasteiger partial charge in [0.2, 0.25) is 0 Å². The van der Waals surface area contributed by atoms with E-state index in [1.807, 2.05) is 0 Å². The quantitative estimate of drug-likeness (QED) is 0.778. The number of nitrogens with two attached hydrogens (primary N) is 1. The maximum atomic E-state index is 5.56. The van der Waals surface area contributed by atoms with Crippen molar-refractivity contribution >= 4 is 5.82 Å². The van der Waals surface area contributed by atoms with Crippen LogP contribution in [0.3, 0.4) is 0 Å². The third kappa shape index (κ3) is 3.01. The van der Waals surface area contributed by atoms with E-state index < -0.39 is 0 Å². The number of aromatic nitrogens is 2. The van der Waals surface area contributed by atoms with E-state index >= 15 is 0 Å². The minimum Gasteiger partial charge on any atom is -0.380 e. The minimum atomic E-state index is 0.430. The Balaban J connectivity index is 2.04. The Morgan fingerprint density at radius 2 is 2.35 bits per heavy atom. The Labute approximate surface area is 101 Å². The summed E-state index contributed by atoms with van der Waals surface area (Å²) in [5, 5.41) is 0. The average Bonchev–Trinajstić information content (AvgIpc) is 2.40. The molecule has 2 rings (SSSR count). The molecule has 1 aliphatic rings. The largest absolute Gasteiger partial charge is 0.380 e. The van der Waals surface area contributed by atoms with Crippen molar-refractivity contribution in [3.63, 3.8) is 0 Å². The molecule has 0 saturated carbocycles. The lowest BCUT2D eigenvalue weighted by Crippen LogP contribution is -2.30. The monoisotopic (exact) mass is 234 g/mol. The summed E-state index contributed by atoms with van der Waals surface area (Å²) in [4.78, 5) is 10.8. The maximum absolute atomic E-state index is 5.56. The van der Waals surface area contributed by atoms with Crippen molar-refractivity contribution in [3.05, 3.63) is 29.7 Å². The summed E-state index contributed by atoms with van der Waals surface area (Å²) >= 11 is 0. The van der Waals surface area contributed by atoms with E-state index in [1.165, 1.54) is 5.57 Å². The second-order valence-electron chi connectivity index (χ2n) is 4.06. The molecule has 0 atom stereocenters. The van der Waals surface area contributed by atoms with Gasteiger partial charge in [0.15, 0.2) is 0 Å². The fourth-order valence-corrected chi connectivity index (χ4v) is 1.88. The number of hydrogen-bond donors (Lipinski definition) is 1. The number of anilines is 1. The molecule has 0 spiro atoms. The smallest absolute Gasteiger partial charge is 0.147 e. The number of hydrogen-bond acceptors (Lipinski definition) is 5. The number of nitrogens with zero attached hydrogens (tertiary/aromatic N) is 3. The first-order valence-corrected chi connectivity index (χ1v) is 5.76. The molecule has 5 nitrogen and oxygen atoms in total. The average molecular weight is 234 g/mol. The molecule has 0 saturated heterocycles. The fraction of sp³-hybridized carbons (Fsp3) is 0.500. The Morgan fingerprint density at radius 3 is 3.00 bits per heavy atom. The van der Waals surface area contributed by atoms with Crippen LogP contribution in [-0.2, 0) is 11.3 Å². The molecule has 92 valence electrons. The van der Waals surface area contributed by atoms with Gasteiger partial charge in [0, 0.05) is 32.9 Å². The van der Waals surface area contributed by atoms with Gasteiger partial charge in [-0.2, -0.15) is 0 Å². The van der Waals surface area contributed by atoms with Crippen molar-refractivity contribution in [1.82, 2.24) is 9.97 Å².